The Morgan fingerprint density at radius 1 is 1.11 bits per heavy atom. The molecule has 0 aliphatic carbocycles. The molecule has 3 aromatic rings. The van der Waals surface area contributed by atoms with Crippen molar-refractivity contribution < 1.29 is 9.47 Å². The number of anilines is 1. The summed E-state index contributed by atoms with van der Waals surface area (Å²) in [6, 6.07) is 16.7. The lowest BCUT2D eigenvalue weighted by molar-refractivity contribution is 0.0341. The van der Waals surface area contributed by atoms with Crippen LogP contribution in [0.3, 0.4) is 0 Å². The average Bonchev–Trinajstić information content (AvgIpc) is 3.12. The van der Waals surface area contributed by atoms with E-state index in [9.17, 15) is 0 Å². The Labute approximate surface area is 164 Å². The Kier molecular flexibility index (Phi) is 6.19. The van der Waals surface area contributed by atoms with Gasteiger partial charge in [0, 0.05) is 31.6 Å². The molecule has 0 saturated carbocycles. The predicted octanol–water partition coefficient (Wildman–Crippen LogP) is 4.01. The van der Waals surface area contributed by atoms with E-state index in [2.05, 4.69) is 51.0 Å². The molecule has 2 heterocycles. The Hall–Kier alpha value is -2.15. The van der Waals surface area contributed by atoms with E-state index in [-0.39, 0.29) is 0 Å². The van der Waals surface area contributed by atoms with Gasteiger partial charge in [-0.25, -0.2) is 0 Å². The zero-order chi connectivity index (χ0) is 18.3. The molecule has 0 bridgehead atoms. The minimum atomic E-state index is 0.691. The normalized spacial score (nSPS) is 15.1. The average molecular weight is 384 g/mol. The molecule has 0 unspecified atom stereocenters. The van der Waals surface area contributed by atoms with E-state index in [0.29, 0.717) is 6.61 Å². The maximum Gasteiger partial charge on any atom is 0.147 e. The summed E-state index contributed by atoms with van der Waals surface area (Å²) in [6.07, 6.45) is 0.930. The van der Waals surface area contributed by atoms with Gasteiger partial charge >= 0.3 is 0 Å². The Balaban J connectivity index is 1.21. The maximum absolute atomic E-state index is 5.94. The van der Waals surface area contributed by atoms with Crippen molar-refractivity contribution in [3.8, 4) is 5.75 Å². The van der Waals surface area contributed by atoms with Crippen molar-refractivity contribution in [3.63, 3.8) is 0 Å². The highest BCUT2D eigenvalue weighted by atomic mass is 32.1. The second kappa shape index (κ2) is 9.17. The summed E-state index contributed by atoms with van der Waals surface area (Å²) >= 11 is 1.53. The minimum absolute atomic E-state index is 0.691. The quantitative estimate of drug-likeness (QED) is 0.596. The standard InChI is InChI=1S/C21H25N3O2S/c1-2-8-20-19(7-1)21(23-27-20)22-9-4-12-26-18-6-3-5-17(15-18)16-24-10-13-25-14-11-24/h1-3,5-8,15H,4,9-14,16H2,(H,22,23). The molecule has 5 nitrogen and oxygen atoms in total. The fourth-order valence-corrected chi connectivity index (χ4v) is 3.99. The molecule has 0 spiro atoms. The molecular formula is C21H25N3O2S. The Bertz CT molecular complexity index is 861. The highest BCUT2D eigenvalue weighted by Gasteiger charge is 2.11. The van der Waals surface area contributed by atoms with E-state index >= 15 is 0 Å². The first-order valence-electron chi connectivity index (χ1n) is 9.48. The first-order chi connectivity index (χ1) is 13.4. The molecule has 1 aliphatic heterocycles. The van der Waals surface area contributed by atoms with Gasteiger partial charge in [0.2, 0.25) is 0 Å². The third-order valence-electron chi connectivity index (χ3n) is 4.67. The first kappa shape index (κ1) is 18.2. The van der Waals surface area contributed by atoms with Crippen molar-refractivity contribution >= 4 is 27.4 Å². The van der Waals surface area contributed by atoms with Gasteiger partial charge in [-0.3, -0.25) is 4.90 Å². The van der Waals surface area contributed by atoms with Crippen molar-refractivity contribution in [1.29, 1.82) is 0 Å². The molecule has 0 radical (unpaired) electrons. The molecule has 1 aliphatic rings. The lowest BCUT2D eigenvalue weighted by atomic mass is 10.2. The van der Waals surface area contributed by atoms with Gasteiger partial charge in [-0.15, -0.1) is 0 Å². The molecule has 0 amide bonds. The highest BCUT2D eigenvalue weighted by Crippen LogP contribution is 2.26. The lowest BCUT2D eigenvalue weighted by Gasteiger charge is -2.26. The molecule has 6 heteroatoms. The smallest absolute Gasteiger partial charge is 0.147 e. The van der Waals surface area contributed by atoms with Crippen LogP contribution in [0.25, 0.3) is 10.1 Å². The molecule has 1 aromatic heterocycles. The monoisotopic (exact) mass is 383 g/mol. The van der Waals surface area contributed by atoms with Gasteiger partial charge in [0.15, 0.2) is 0 Å². The van der Waals surface area contributed by atoms with E-state index in [1.54, 1.807) is 0 Å². The fraction of sp³-hybridized carbons (Fsp3) is 0.381. The molecule has 2 aromatic carbocycles. The van der Waals surface area contributed by atoms with Crippen molar-refractivity contribution in [2.75, 3.05) is 44.8 Å². The molecular weight excluding hydrogens is 358 g/mol. The molecule has 142 valence electrons. The van der Waals surface area contributed by atoms with Gasteiger partial charge in [-0.05, 0) is 47.8 Å². The zero-order valence-corrected chi connectivity index (χ0v) is 16.2. The van der Waals surface area contributed by atoms with Crippen LogP contribution in [0.2, 0.25) is 0 Å². The van der Waals surface area contributed by atoms with Crippen molar-refractivity contribution in [3.05, 3.63) is 54.1 Å². The number of ether oxygens (including phenoxy) is 2. The number of fused-ring (bicyclic) bond motifs is 1. The third-order valence-corrected chi connectivity index (χ3v) is 5.49. The van der Waals surface area contributed by atoms with Crippen LogP contribution in [-0.2, 0) is 11.3 Å². The Morgan fingerprint density at radius 2 is 2.00 bits per heavy atom. The number of hydrogen-bond acceptors (Lipinski definition) is 6. The fourth-order valence-electron chi connectivity index (χ4n) is 3.23. The predicted molar refractivity (Wildman–Crippen MR) is 111 cm³/mol. The molecule has 27 heavy (non-hydrogen) atoms. The summed E-state index contributed by atoms with van der Waals surface area (Å²) in [5, 5.41) is 4.61. The summed E-state index contributed by atoms with van der Waals surface area (Å²) < 4.78 is 17.1. The Morgan fingerprint density at radius 3 is 2.93 bits per heavy atom. The number of nitrogens with zero attached hydrogens (tertiary/aromatic N) is 2. The van der Waals surface area contributed by atoms with Crippen LogP contribution in [0, 0.1) is 0 Å². The van der Waals surface area contributed by atoms with E-state index < -0.39 is 0 Å². The van der Waals surface area contributed by atoms with E-state index in [0.717, 1.165) is 57.4 Å². The third kappa shape index (κ3) is 4.97. The van der Waals surface area contributed by atoms with E-state index in [4.69, 9.17) is 9.47 Å². The van der Waals surface area contributed by atoms with Gasteiger partial charge < -0.3 is 14.8 Å². The second-order valence-corrected chi connectivity index (χ2v) is 7.50. The highest BCUT2D eigenvalue weighted by molar-refractivity contribution is 7.13. The summed E-state index contributed by atoms with van der Waals surface area (Å²) in [5.41, 5.74) is 1.29. The summed E-state index contributed by atoms with van der Waals surface area (Å²) in [6.45, 7) is 6.16. The number of morpholine rings is 1. The van der Waals surface area contributed by atoms with E-state index in [1.807, 2.05) is 12.1 Å². The number of hydrogen-bond donors (Lipinski definition) is 1. The molecule has 1 fully saturated rings. The molecule has 0 atom stereocenters. The topological polar surface area (TPSA) is 46.6 Å². The number of aromatic nitrogens is 1. The largest absolute Gasteiger partial charge is 0.494 e. The summed E-state index contributed by atoms with van der Waals surface area (Å²) in [7, 11) is 0. The summed E-state index contributed by atoms with van der Waals surface area (Å²) in [4.78, 5) is 2.42. The SMILES string of the molecule is c1cc(CN2CCOCC2)cc(OCCCNc2nsc3ccccc23)c1. The molecule has 4 rings (SSSR count). The molecule has 1 saturated heterocycles. The van der Waals surface area contributed by atoms with Crippen LogP contribution in [0.5, 0.6) is 5.75 Å². The zero-order valence-electron chi connectivity index (χ0n) is 15.4. The maximum atomic E-state index is 5.94. The van der Waals surface area contributed by atoms with Gasteiger partial charge in [0.05, 0.1) is 24.5 Å². The van der Waals surface area contributed by atoms with Crippen LogP contribution < -0.4 is 10.1 Å². The minimum Gasteiger partial charge on any atom is -0.494 e. The van der Waals surface area contributed by atoms with Crippen LogP contribution in [0.4, 0.5) is 5.82 Å². The number of nitrogens with one attached hydrogen (secondary N) is 1. The van der Waals surface area contributed by atoms with Gasteiger partial charge in [0.1, 0.15) is 11.6 Å². The van der Waals surface area contributed by atoms with Gasteiger partial charge in [-0.1, -0.05) is 24.3 Å². The first-order valence-corrected chi connectivity index (χ1v) is 10.3. The van der Waals surface area contributed by atoms with Gasteiger partial charge in [0.25, 0.3) is 0 Å². The second-order valence-electron chi connectivity index (χ2n) is 6.69. The van der Waals surface area contributed by atoms with Crippen LogP contribution in [0.1, 0.15) is 12.0 Å². The van der Waals surface area contributed by atoms with Gasteiger partial charge in [-0.2, -0.15) is 4.37 Å². The van der Waals surface area contributed by atoms with Crippen molar-refractivity contribution in [1.82, 2.24) is 9.27 Å². The van der Waals surface area contributed by atoms with Crippen LogP contribution in [-0.4, -0.2) is 48.7 Å². The number of benzene rings is 2. The van der Waals surface area contributed by atoms with Crippen LogP contribution in [0.15, 0.2) is 48.5 Å². The van der Waals surface area contributed by atoms with E-state index in [1.165, 1.54) is 27.2 Å². The summed E-state index contributed by atoms with van der Waals surface area (Å²) in [5.74, 6) is 1.92. The van der Waals surface area contributed by atoms with Crippen molar-refractivity contribution in [2.45, 2.75) is 13.0 Å². The molecule has 1 N–H and O–H groups in total. The van der Waals surface area contributed by atoms with Crippen molar-refractivity contribution in [2.24, 2.45) is 0 Å². The van der Waals surface area contributed by atoms with Crippen LogP contribution >= 0.6 is 11.5 Å². The number of rotatable bonds is 8. The lowest BCUT2D eigenvalue weighted by Crippen LogP contribution is -2.35.